The van der Waals surface area contributed by atoms with E-state index in [1.54, 1.807) is 48.5 Å². The molecule has 0 saturated carbocycles. The van der Waals surface area contributed by atoms with Crippen molar-refractivity contribution in [1.29, 1.82) is 0 Å². The van der Waals surface area contributed by atoms with Crippen LogP contribution in [-0.4, -0.2) is 44.0 Å². The number of hydrazone groups is 1. The molecule has 0 aliphatic heterocycles. The molecule has 0 radical (unpaired) electrons. The number of nitrogen functional groups attached to an aromatic ring is 1. The number of halogens is 1. The lowest BCUT2D eigenvalue weighted by Crippen LogP contribution is -2.19. The van der Waals surface area contributed by atoms with Crippen LogP contribution in [0.1, 0.15) is 23.0 Å². The van der Waals surface area contributed by atoms with E-state index >= 15 is 0 Å². The summed E-state index contributed by atoms with van der Waals surface area (Å²) in [6.45, 7) is 2.41. The van der Waals surface area contributed by atoms with Gasteiger partial charge in [-0.25, -0.2) is 10.1 Å². The highest BCUT2D eigenvalue weighted by atomic mass is 35.5. The molecule has 1 amide bonds. The van der Waals surface area contributed by atoms with Crippen LogP contribution in [0.15, 0.2) is 58.3 Å². The third-order valence-electron chi connectivity index (χ3n) is 4.25. The monoisotopic (exact) mass is 452 g/mol. The maximum Gasteiger partial charge on any atom is 0.294 e. The van der Waals surface area contributed by atoms with Gasteiger partial charge in [-0.1, -0.05) is 28.9 Å². The Hall–Kier alpha value is -4.25. The van der Waals surface area contributed by atoms with Gasteiger partial charge in [0.1, 0.15) is 11.4 Å². The summed E-state index contributed by atoms with van der Waals surface area (Å²) in [6, 6.07) is 14.1. The van der Waals surface area contributed by atoms with Gasteiger partial charge in [-0.3, -0.25) is 4.79 Å². The number of nitrogens with two attached hydrogens (primary N) is 1. The van der Waals surface area contributed by atoms with Gasteiger partial charge in [0, 0.05) is 10.6 Å². The SMILES string of the molecule is CCOc1ccc(-c2c(C(=O)NN=Cc3cccc(Cl)c3)nnn2-c2nonc2N)cc1. The van der Waals surface area contributed by atoms with Crippen LogP contribution in [0.2, 0.25) is 5.02 Å². The van der Waals surface area contributed by atoms with Crippen LogP contribution < -0.4 is 15.9 Å². The summed E-state index contributed by atoms with van der Waals surface area (Å²) in [5.74, 6) is 0.180. The molecular weight excluding hydrogens is 436 g/mol. The number of rotatable bonds is 7. The number of carbonyl (C=O) groups excluding carboxylic acids is 1. The predicted molar refractivity (Wildman–Crippen MR) is 117 cm³/mol. The molecule has 2 aromatic carbocycles. The van der Waals surface area contributed by atoms with Crippen LogP contribution in [0.3, 0.4) is 0 Å². The first-order valence-corrected chi connectivity index (χ1v) is 9.81. The molecule has 0 atom stereocenters. The fourth-order valence-corrected chi connectivity index (χ4v) is 3.06. The van der Waals surface area contributed by atoms with Crippen molar-refractivity contribution in [3.05, 3.63) is 64.8 Å². The molecule has 0 unspecified atom stereocenters. The van der Waals surface area contributed by atoms with Crippen LogP contribution in [0.25, 0.3) is 17.1 Å². The highest BCUT2D eigenvalue weighted by molar-refractivity contribution is 6.30. The Bertz CT molecular complexity index is 1270. The summed E-state index contributed by atoms with van der Waals surface area (Å²) in [4.78, 5) is 12.9. The van der Waals surface area contributed by atoms with E-state index in [0.29, 0.717) is 28.6 Å². The number of nitrogens with zero attached hydrogens (tertiary/aromatic N) is 6. The van der Waals surface area contributed by atoms with E-state index in [2.05, 4.69) is 35.8 Å². The smallest absolute Gasteiger partial charge is 0.294 e. The summed E-state index contributed by atoms with van der Waals surface area (Å²) in [7, 11) is 0. The van der Waals surface area contributed by atoms with E-state index < -0.39 is 5.91 Å². The van der Waals surface area contributed by atoms with Crippen LogP contribution in [-0.2, 0) is 0 Å². The summed E-state index contributed by atoms with van der Waals surface area (Å²) >= 11 is 5.96. The molecule has 0 saturated heterocycles. The second-order valence-electron chi connectivity index (χ2n) is 6.38. The zero-order valence-electron chi connectivity index (χ0n) is 16.8. The van der Waals surface area contributed by atoms with Crippen LogP contribution in [0.5, 0.6) is 5.75 Å². The predicted octanol–water partition coefficient (Wildman–Crippen LogP) is 2.72. The number of benzene rings is 2. The van der Waals surface area contributed by atoms with Crippen molar-refractivity contribution in [1.82, 2.24) is 30.7 Å². The number of nitrogens with one attached hydrogen (secondary N) is 1. The van der Waals surface area contributed by atoms with Crippen LogP contribution in [0.4, 0.5) is 5.82 Å². The lowest BCUT2D eigenvalue weighted by molar-refractivity contribution is 0.0950. The molecule has 0 aliphatic carbocycles. The zero-order chi connectivity index (χ0) is 22.5. The maximum atomic E-state index is 12.9. The van der Waals surface area contributed by atoms with Gasteiger partial charge in [0.05, 0.1) is 12.8 Å². The van der Waals surface area contributed by atoms with Gasteiger partial charge in [-0.05, 0) is 59.2 Å². The Morgan fingerprint density at radius 3 is 2.78 bits per heavy atom. The number of anilines is 1. The lowest BCUT2D eigenvalue weighted by Gasteiger charge is -2.07. The summed E-state index contributed by atoms with van der Waals surface area (Å²) in [5, 5.41) is 19.9. The highest BCUT2D eigenvalue weighted by Crippen LogP contribution is 2.28. The van der Waals surface area contributed by atoms with E-state index in [-0.39, 0.29) is 17.3 Å². The Morgan fingerprint density at radius 1 is 1.28 bits per heavy atom. The Kier molecular flexibility index (Phi) is 6.08. The van der Waals surface area contributed by atoms with Gasteiger partial charge in [-0.15, -0.1) is 5.10 Å². The van der Waals surface area contributed by atoms with Gasteiger partial charge in [0.15, 0.2) is 5.69 Å². The quantitative estimate of drug-likeness (QED) is 0.321. The summed E-state index contributed by atoms with van der Waals surface area (Å²) < 4.78 is 11.4. The van der Waals surface area contributed by atoms with E-state index in [4.69, 9.17) is 22.1 Å². The third-order valence-corrected chi connectivity index (χ3v) is 4.48. The van der Waals surface area contributed by atoms with Gasteiger partial charge < -0.3 is 10.5 Å². The number of hydrogen-bond donors (Lipinski definition) is 2. The molecule has 0 bridgehead atoms. The first-order chi connectivity index (χ1) is 15.6. The highest BCUT2D eigenvalue weighted by Gasteiger charge is 2.25. The summed E-state index contributed by atoms with van der Waals surface area (Å²) in [6.07, 6.45) is 1.46. The molecule has 4 aromatic rings. The number of aromatic nitrogens is 5. The van der Waals surface area contributed by atoms with Crippen LogP contribution >= 0.6 is 11.6 Å². The van der Waals surface area contributed by atoms with Crippen molar-refractivity contribution < 1.29 is 14.2 Å². The minimum absolute atomic E-state index is 0.000182. The average Bonchev–Trinajstić information content (AvgIpc) is 3.40. The summed E-state index contributed by atoms with van der Waals surface area (Å²) in [5.41, 5.74) is 9.91. The standard InChI is InChI=1S/C20H17ClN8O3/c1-2-31-15-8-6-13(7-9-15)17-16(24-28-29(17)19-18(22)26-32-27-19)20(30)25-23-11-12-4-3-5-14(21)10-12/h3-11H,2H2,1H3,(H2,22,26)(H,25,30). The lowest BCUT2D eigenvalue weighted by atomic mass is 10.1. The first-order valence-electron chi connectivity index (χ1n) is 9.43. The van der Waals surface area contributed by atoms with Crippen molar-refractivity contribution in [2.24, 2.45) is 5.10 Å². The molecule has 0 aliphatic rings. The Balaban J connectivity index is 1.68. The van der Waals surface area contributed by atoms with Crippen molar-refractivity contribution >= 4 is 29.5 Å². The van der Waals surface area contributed by atoms with E-state index in [1.807, 2.05) is 6.92 Å². The number of carbonyl (C=O) groups is 1. The molecule has 3 N–H and O–H groups in total. The normalized spacial score (nSPS) is 11.1. The fourth-order valence-electron chi connectivity index (χ4n) is 2.86. The molecule has 0 fully saturated rings. The largest absolute Gasteiger partial charge is 0.494 e. The Morgan fingerprint density at radius 2 is 2.09 bits per heavy atom. The molecule has 0 spiro atoms. The minimum Gasteiger partial charge on any atom is -0.494 e. The number of hydrogen-bond acceptors (Lipinski definition) is 9. The van der Waals surface area contributed by atoms with Crippen LogP contribution in [0, 0.1) is 0 Å². The number of ether oxygens (including phenoxy) is 1. The van der Waals surface area contributed by atoms with Crippen molar-refractivity contribution in [2.75, 3.05) is 12.3 Å². The zero-order valence-corrected chi connectivity index (χ0v) is 17.5. The van der Waals surface area contributed by atoms with Crippen molar-refractivity contribution in [3.63, 3.8) is 0 Å². The van der Waals surface area contributed by atoms with Crippen molar-refractivity contribution in [2.45, 2.75) is 6.92 Å². The Labute approximate surface area is 186 Å². The maximum absolute atomic E-state index is 12.9. The van der Waals surface area contributed by atoms with Gasteiger partial charge in [0.2, 0.25) is 11.6 Å². The first kappa shape index (κ1) is 21.0. The molecule has 32 heavy (non-hydrogen) atoms. The van der Waals surface area contributed by atoms with Gasteiger partial charge >= 0.3 is 0 Å². The van der Waals surface area contributed by atoms with E-state index in [0.717, 1.165) is 5.56 Å². The van der Waals surface area contributed by atoms with Gasteiger partial charge in [-0.2, -0.15) is 9.78 Å². The second kappa shape index (κ2) is 9.27. The molecule has 12 heteroatoms. The molecule has 2 heterocycles. The molecule has 11 nitrogen and oxygen atoms in total. The van der Waals surface area contributed by atoms with Gasteiger partial charge in [0.25, 0.3) is 5.91 Å². The molecule has 162 valence electrons. The minimum atomic E-state index is -0.589. The van der Waals surface area contributed by atoms with E-state index in [1.165, 1.54) is 10.9 Å². The third kappa shape index (κ3) is 4.42. The topological polar surface area (TPSA) is 146 Å². The molecular formula is C20H17ClN8O3. The number of amides is 1. The molecule has 4 rings (SSSR count). The molecule has 2 aromatic heterocycles. The van der Waals surface area contributed by atoms with Crippen molar-refractivity contribution in [3.8, 4) is 22.8 Å². The average molecular weight is 453 g/mol. The second-order valence-corrected chi connectivity index (χ2v) is 6.82. The fraction of sp³-hybridized carbons (Fsp3) is 0.100. The van der Waals surface area contributed by atoms with E-state index in [9.17, 15) is 4.79 Å².